The van der Waals surface area contributed by atoms with Gasteiger partial charge in [-0.05, 0) is 43.0 Å². The Morgan fingerprint density at radius 1 is 1.12 bits per heavy atom. The van der Waals surface area contributed by atoms with E-state index < -0.39 is 0 Å². The zero-order valence-electron chi connectivity index (χ0n) is 14.8. The molecule has 0 spiro atoms. The molecule has 2 saturated heterocycles. The van der Waals surface area contributed by atoms with Gasteiger partial charge in [0.25, 0.3) is 0 Å². The smallest absolute Gasteiger partial charge is 0.228 e. The lowest BCUT2D eigenvalue weighted by atomic mass is 9.97. The number of piperidine rings is 1. The Morgan fingerprint density at radius 3 is 2.36 bits per heavy atom. The monoisotopic (exact) mass is 343 g/mol. The molecule has 0 bridgehead atoms. The van der Waals surface area contributed by atoms with E-state index in [0.717, 1.165) is 31.6 Å². The van der Waals surface area contributed by atoms with Crippen LogP contribution in [0.5, 0.6) is 0 Å². The molecule has 134 valence electrons. The zero-order valence-corrected chi connectivity index (χ0v) is 14.8. The number of nitrogens with one attached hydrogen (secondary N) is 1. The Balaban J connectivity index is 1.64. The molecule has 0 aromatic heterocycles. The van der Waals surface area contributed by atoms with Crippen LogP contribution in [0, 0.1) is 11.8 Å². The lowest BCUT2D eigenvalue weighted by Gasteiger charge is -2.32. The van der Waals surface area contributed by atoms with Crippen LogP contribution in [0.25, 0.3) is 0 Å². The third-order valence-electron chi connectivity index (χ3n) is 5.07. The van der Waals surface area contributed by atoms with Crippen LogP contribution in [0.1, 0.15) is 33.1 Å². The summed E-state index contributed by atoms with van der Waals surface area (Å²) in [7, 11) is 0. The second kappa shape index (κ2) is 7.25. The molecule has 1 atom stereocenters. The van der Waals surface area contributed by atoms with Crippen LogP contribution in [0.4, 0.5) is 11.4 Å². The molecular weight excluding hydrogens is 318 g/mol. The molecule has 25 heavy (non-hydrogen) atoms. The Bertz CT molecular complexity index is 663. The molecule has 0 aliphatic carbocycles. The molecule has 0 saturated carbocycles. The van der Waals surface area contributed by atoms with Gasteiger partial charge >= 0.3 is 0 Å². The number of benzene rings is 1. The maximum absolute atomic E-state index is 12.7. The minimum atomic E-state index is -0.254. The highest BCUT2D eigenvalue weighted by molar-refractivity contribution is 6.00. The average molecular weight is 343 g/mol. The first kappa shape index (κ1) is 17.5. The van der Waals surface area contributed by atoms with Crippen LogP contribution in [0.2, 0.25) is 0 Å². The summed E-state index contributed by atoms with van der Waals surface area (Å²) in [5, 5.41) is 2.70. The van der Waals surface area contributed by atoms with Crippen LogP contribution in [-0.2, 0) is 14.4 Å². The van der Waals surface area contributed by atoms with Crippen molar-refractivity contribution in [3.05, 3.63) is 24.3 Å². The van der Waals surface area contributed by atoms with E-state index in [1.807, 2.05) is 4.90 Å². The molecular formula is C19H25N3O3. The Kier molecular flexibility index (Phi) is 5.06. The van der Waals surface area contributed by atoms with Crippen molar-refractivity contribution in [3.8, 4) is 0 Å². The summed E-state index contributed by atoms with van der Waals surface area (Å²) in [5.41, 5.74) is 1.46. The number of amides is 3. The number of anilines is 2. The number of rotatable bonds is 3. The lowest BCUT2D eigenvalue weighted by Crippen LogP contribution is -2.42. The van der Waals surface area contributed by atoms with Gasteiger partial charge in [-0.2, -0.15) is 0 Å². The van der Waals surface area contributed by atoms with Crippen molar-refractivity contribution in [1.29, 1.82) is 0 Å². The van der Waals surface area contributed by atoms with E-state index in [0.29, 0.717) is 18.2 Å². The number of carbonyl (C=O) groups excluding carboxylic acids is 3. The fourth-order valence-corrected chi connectivity index (χ4v) is 3.54. The number of hydrogen-bond acceptors (Lipinski definition) is 3. The molecule has 6 heteroatoms. The normalized spacial score (nSPS) is 21.5. The van der Waals surface area contributed by atoms with Gasteiger partial charge in [-0.3, -0.25) is 14.4 Å². The molecule has 2 aliphatic rings. The van der Waals surface area contributed by atoms with Crippen molar-refractivity contribution in [2.75, 3.05) is 29.9 Å². The standard InChI is InChI=1S/C19H25N3O3/c1-13-7-9-21(10-8-13)19(25)15-11-18(24)22(12-15)17-5-3-16(4-6-17)20-14(2)23/h3-6,13,15H,7-12H2,1-2H3,(H,20,23)/t15-/m0/s1. The minimum Gasteiger partial charge on any atom is -0.342 e. The van der Waals surface area contributed by atoms with Crippen LogP contribution in [0.3, 0.4) is 0 Å². The van der Waals surface area contributed by atoms with Crippen LogP contribution in [0.15, 0.2) is 24.3 Å². The lowest BCUT2D eigenvalue weighted by molar-refractivity contribution is -0.137. The molecule has 1 aromatic carbocycles. The number of likely N-dealkylation sites (tertiary alicyclic amines) is 1. The van der Waals surface area contributed by atoms with E-state index in [1.165, 1.54) is 6.92 Å². The van der Waals surface area contributed by atoms with Gasteiger partial charge in [0.15, 0.2) is 0 Å². The van der Waals surface area contributed by atoms with Gasteiger partial charge in [0.2, 0.25) is 17.7 Å². The zero-order chi connectivity index (χ0) is 18.0. The minimum absolute atomic E-state index is 0.0176. The molecule has 0 radical (unpaired) electrons. The highest BCUT2D eigenvalue weighted by Crippen LogP contribution is 2.28. The van der Waals surface area contributed by atoms with Crippen molar-refractivity contribution < 1.29 is 14.4 Å². The molecule has 1 N–H and O–H groups in total. The molecule has 6 nitrogen and oxygen atoms in total. The Labute approximate surface area is 148 Å². The third-order valence-corrected chi connectivity index (χ3v) is 5.07. The topological polar surface area (TPSA) is 69.7 Å². The van der Waals surface area contributed by atoms with Crippen LogP contribution in [-0.4, -0.2) is 42.3 Å². The van der Waals surface area contributed by atoms with Gasteiger partial charge in [-0.1, -0.05) is 6.92 Å². The summed E-state index contributed by atoms with van der Waals surface area (Å²) < 4.78 is 0. The molecule has 2 fully saturated rings. The van der Waals surface area contributed by atoms with Gasteiger partial charge in [0.1, 0.15) is 0 Å². The summed E-state index contributed by atoms with van der Waals surface area (Å²) in [6.45, 7) is 5.71. The van der Waals surface area contributed by atoms with E-state index in [9.17, 15) is 14.4 Å². The summed E-state index contributed by atoms with van der Waals surface area (Å²) >= 11 is 0. The van der Waals surface area contributed by atoms with Crippen molar-refractivity contribution in [3.63, 3.8) is 0 Å². The molecule has 2 aliphatic heterocycles. The Hall–Kier alpha value is -2.37. The summed E-state index contributed by atoms with van der Waals surface area (Å²) in [6, 6.07) is 7.15. The van der Waals surface area contributed by atoms with Crippen LogP contribution >= 0.6 is 0 Å². The summed E-state index contributed by atoms with van der Waals surface area (Å²) in [4.78, 5) is 39.7. The van der Waals surface area contributed by atoms with E-state index in [1.54, 1.807) is 29.2 Å². The van der Waals surface area contributed by atoms with Crippen molar-refractivity contribution >= 4 is 29.1 Å². The molecule has 3 amide bonds. The van der Waals surface area contributed by atoms with Crippen molar-refractivity contribution in [2.24, 2.45) is 11.8 Å². The van der Waals surface area contributed by atoms with Gasteiger partial charge < -0.3 is 15.1 Å². The number of nitrogens with zero attached hydrogens (tertiary/aromatic N) is 2. The maximum Gasteiger partial charge on any atom is 0.228 e. The fourth-order valence-electron chi connectivity index (χ4n) is 3.54. The van der Waals surface area contributed by atoms with Crippen molar-refractivity contribution in [1.82, 2.24) is 4.90 Å². The highest BCUT2D eigenvalue weighted by atomic mass is 16.2. The summed E-state index contributed by atoms with van der Waals surface area (Å²) in [6.07, 6.45) is 2.36. The van der Waals surface area contributed by atoms with E-state index in [2.05, 4.69) is 12.2 Å². The molecule has 2 heterocycles. The quantitative estimate of drug-likeness (QED) is 0.915. The highest BCUT2D eigenvalue weighted by Gasteiger charge is 2.37. The third kappa shape index (κ3) is 4.00. The van der Waals surface area contributed by atoms with E-state index >= 15 is 0 Å². The average Bonchev–Trinajstić information content (AvgIpc) is 2.97. The first-order valence-electron chi connectivity index (χ1n) is 8.91. The largest absolute Gasteiger partial charge is 0.342 e. The summed E-state index contributed by atoms with van der Waals surface area (Å²) in [5.74, 6) is 0.379. The molecule has 3 rings (SSSR count). The van der Waals surface area contributed by atoms with Crippen molar-refractivity contribution in [2.45, 2.75) is 33.1 Å². The van der Waals surface area contributed by atoms with Gasteiger partial charge in [-0.15, -0.1) is 0 Å². The predicted octanol–water partition coefficient (Wildman–Crippen LogP) is 2.26. The van der Waals surface area contributed by atoms with E-state index in [4.69, 9.17) is 0 Å². The number of hydrogen-bond donors (Lipinski definition) is 1. The molecule has 1 aromatic rings. The van der Waals surface area contributed by atoms with Gasteiger partial charge in [0, 0.05) is 44.4 Å². The Morgan fingerprint density at radius 2 is 1.76 bits per heavy atom. The van der Waals surface area contributed by atoms with Gasteiger partial charge in [-0.25, -0.2) is 0 Å². The second-order valence-corrected chi connectivity index (χ2v) is 7.14. The van der Waals surface area contributed by atoms with E-state index in [-0.39, 0.29) is 30.1 Å². The fraction of sp³-hybridized carbons (Fsp3) is 0.526. The van der Waals surface area contributed by atoms with Crippen LogP contribution < -0.4 is 10.2 Å². The predicted molar refractivity (Wildman–Crippen MR) is 96.2 cm³/mol. The maximum atomic E-state index is 12.7. The van der Waals surface area contributed by atoms with Gasteiger partial charge in [0.05, 0.1) is 5.92 Å². The SMILES string of the molecule is CC(=O)Nc1ccc(N2C[C@@H](C(=O)N3CCC(C)CC3)CC2=O)cc1. The second-order valence-electron chi connectivity index (χ2n) is 7.14. The first-order chi connectivity index (χ1) is 11.9. The number of carbonyl (C=O) groups is 3. The first-order valence-corrected chi connectivity index (χ1v) is 8.91. The molecule has 0 unspecified atom stereocenters.